The van der Waals surface area contributed by atoms with Gasteiger partial charge in [-0.1, -0.05) is 31.5 Å². The van der Waals surface area contributed by atoms with Crippen molar-refractivity contribution in [3.8, 4) is 0 Å². The van der Waals surface area contributed by atoms with Gasteiger partial charge in [0, 0.05) is 25.3 Å². The van der Waals surface area contributed by atoms with Crippen LogP contribution in [0.25, 0.3) is 0 Å². The highest BCUT2D eigenvalue weighted by Crippen LogP contribution is 2.27. The maximum atomic E-state index is 14.0. The van der Waals surface area contributed by atoms with E-state index in [9.17, 15) is 4.39 Å². The number of benzene rings is 1. The Morgan fingerprint density at radius 2 is 2.11 bits per heavy atom. The summed E-state index contributed by atoms with van der Waals surface area (Å²) < 4.78 is 19.1. The van der Waals surface area contributed by atoms with Crippen LogP contribution in [0.15, 0.2) is 18.2 Å². The van der Waals surface area contributed by atoms with E-state index in [-0.39, 0.29) is 11.9 Å². The number of nitrogens with one attached hydrogen (secondary N) is 1. The number of aryl methyl sites for hydroxylation is 1. The molecule has 0 aliphatic carbocycles. The number of hydrogen-bond donors (Lipinski definition) is 1. The molecule has 18 heavy (non-hydrogen) atoms. The summed E-state index contributed by atoms with van der Waals surface area (Å²) in [6.45, 7) is 7.70. The minimum absolute atomic E-state index is 0.0463. The minimum Gasteiger partial charge on any atom is -0.385 e. The summed E-state index contributed by atoms with van der Waals surface area (Å²) in [6, 6.07) is 5.34. The van der Waals surface area contributed by atoms with E-state index in [2.05, 4.69) is 12.2 Å². The molecule has 0 fully saturated rings. The molecular formula is C15H24FNO. The molecule has 1 aromatic rings. The fourth-order valence-electron chi connectivity index (χ4n) is 2.21. The third kappa shape index (κ3) is 4.07. The van der Waals surface area contributed by atoms with Crippen LogP contribution in [0, 0.1) is 18.7 Å². The van der Waals surface area contributed by atoms with Crippen LogP contribution in [0.1, 0.15) is 37.4 Å². The molecule has 0 saturated carbocycles. The van der Waals surface area contributed by atoms with E-state index in [0.717, 1.165) is 24.1 Å². The number of rotatable bonds is 7. The van der Waals surface area contributed by atoms with E-state index in [0.29, 0.717) is 12.5 Å². The lowest BCUT2D eigenvalue weighted by Crippen LogP contribution is -2.28. The Labute approximate surface area is 110 Å². The van der Waals surface area contributed by atoms with Crippen LogP contribution in [0.5, 0.6) is 0 Å². The average molecular weight is 253 g/mol. The van der Waals surface area contributed by atoms with Crippen LogP contribution in [-0.4, -0.2) is 20.3 Å². The van der Waals surface area contributed by atoms with Gasteiger partial charge < -0.3 is 10.1 Å². The van der Waals surface area contributed by atoms with Crippen LogP contribution >= 0.6 is 0 Å². The first-order valence-electron chi connectivity index (χ1n) is 6.58. The molecule has 0 spiro atoms. The van der Waals surface area contributed by atoms with Crippen molar-refractivity contribution in [3.05, 3.63) is 35.1 Å². The normalized spacial score (nSPS) is 14.5. The van der Waals surface area contributed by atoms with Gasteiger partial charge in [-0.25, -0.2) is 4.39 Å². The summed E-state index contributed by atoms with van der Waals surface area (Å²) in [5, 5.41) is 3.38. The van der Waals surface area contributed by atoms with Gasteiger partial charge in [-0.2, -0.15) is 0 Å². The molecule has 102 valence electrons. The summed E-state index contributed by atoms with van der Waals surface area (Å²) in [7, 11) is 1.70. The standard InChI is InChI=1S/C15H24FNO/c1-5-17-15(12(3)8-9-18-4)13-10-11(2)6-7-14(13)16/h6-7,10,12,15,17H,5,8-9H2,1-4H3. The number of hydrogen-bond acceptors (Lipinski definition) is 2. The molecule has 0 aliphatic heterocycles. The first-order valence-corrected chi connectivity index (χ1v) is 6.58. The van der Waals surface area contributed by atoms with Crippen molar-refractivity contribution >= 4 is 0 Å². The molecule has 1 aromatic carbocycles. The number of halogens is 1. The summed E-state index contributed by atoms with van der Waals surface area (Å²) >= 11 is 0. The Morgan fingerprint density at radius 1 is 1.39 bits per heavy atom. The van der Waals surface area contributed by atoms with Gasteiger partial charge in [0.15, 0.2) is 0 Å². The maximum absolute atomic E-state index is 14.0. The number of methoxy groups -OCH3 is 1. The van der Waals surface area contributed by atoms with Gasteiger partial charge in [0.1, 0.15) is 5.82 Å². The SMILES string of the molecule is CCNC(c1cc(C)ccc1F)C(C)CCOC. The third-order valence-corrected chi connectivity index (χ3v) is 3.26. The van der Waals surface area contributed by atoms with Crippen molar-refractivity contribution in [1.82, 2.24) is 5.32 Å². The van der Waals surface area contributed by atoms with Crippen LogP contribution < -0.4 is 5.32 Å². The molecule has 0 heterocycles. The molecule has 2 atom stereocenters. The molecule has 0 radical (unpaired) electrons. The van der Waals surface area contributed by atoms with Crippen molar-refractivity contribution in [1.29, 1.82) is 0 Å². The van der Waals surface area contributed by atoms with Gasteiger partial charge in [0.25, 0.3) is 0 Å². The molecule has 2 nitrogen and oxygen atoms in total. The first-order chi connectivity index (χ1) is 8.60. The Balaban J connectivity index is 2.92. The van der Waals surface area contributed by atoms with E-state index in [1.165, 1.54) is 0 Å². The lowest BCUT2D eigenvalue weighted by molar-refractivity contribution is 0.170. The molecule has 0 aromatic heterocycles. The van der Waals surface area contributed by atoms with E-state index in [1.54, 1.807) is 13.2 Å². The molecular weight excluding hydrogens is 229 g/mol. The zero-order valence-corrected chi connectivity index (χ0v) is 11.8. The molecule has 0 saturated heterocycles. The highest BCUT2D eigenvalue weighted by molar-refractivity contribution is 5.27. The smallest absolute Gasteiger partial charge is 0.128 e. The Bertz CT molecular complexity index is 368. The Morgan fingerprint density at radius 3 is 2.72 bits per heavy atom. The van der Waals surface area contributed by atoms with Crippen molar-refractivity contribution in [3.63, 3.8) is 0 Å². The predicted octanol–water partition coefficient (Wildman–Crippen LogP) is 3.46. The molecule has 3 heteroatoms. The van der Waals surface area contributed by atoms with Crippen LogP contribution in [0.3, 0.4) is 0 Å². The van der Waals surface area contributed by atoms with Crippen molar-refractivity contribution in [2.24, 2.45) is 5.92 Å². The van der Waals surface area contributed by atoms with Gasteiger partial charge in [-0.05, 0) is 31.9 Å². The van der Waals surface area contributed by atoms with E-state index >= 15 is 0 Å². The highest BCUT2D eigenvalue weighted by atomic mass is 19.1. The second-order valence-electron chi connectivity index (χ2n) is 4.82. The Kier molecular flexibility index (Phi) is 6.30. The minimum atomic E-state index is -0.129. The van der Waals surface area contributed by atoms with E-state index < -0.39 is 0 Å². The van der Waals surface area contributed by atoms with Crippen LogP contribution in [0.2, 0.25) is 0 Å². The predicted molar refractivity (Wildman–Crippen MR) is 73.2 cm³/mol. The zero-order chi connectivity index (χ0) is 13.5. The molecule has 1 N–H and O–H groups in total. The fraction of sp³-hybridized carbons (Fsp3) is 0.600. The lowest BCUT2D eigenvalue weighted by atomic mass is 9.91. The summed E-state index contributed by atoms with van der Waals surface area (Å²) in [6.07, 6.45) is 0.918. The topological polar surface area (TPSA) is 21.3 Å². The van der Waals surface area contributed by atoms with E-state index in [4.69, 9.17) is 4.74 Å². The summed E-state index contributed by atoms with van der Waals surface area (Å²) in [4.78, 5) is 0. The van der Waals surface area contributed by atoms with Crippen molar-refractivity contribution in [2.75, 3.05) is 20.3 Å². The second kappa shape index (κ2) is 7.49. The average Bonchev–Trinajstić information content (AvgIpc) is 2.36. The fourth-order valence-corrected chi connectivity index (χ4v) is 2.21. The lowest BCUT2D eigenvalue weighted by Gasteiger charge is -2.26. The van der Waals surface area contributed by atoms with Crippen LogP contribution in [-0.2, 0) is 4.74 Å². The van der Waals surface area contributed by atoms with Crippen molar-refractivity contribution in [2.45, 2.75) is 33.2 Å². The number of ether oxygens (including phenoxy) is 1. The second-order valence-corrected chi connectivity index (χ2v) is 4.82. The molecule has 0 bridgehead atoms. The summed E-state index contributed by atoms with van der Waals surface area (Å²) in [5.74, 6) is 0.206. The monoisotopic (exact) mass is 253 g/mol. The van der Waals surface area contributed by atoms with E-state index in [1.807, 2.05) is 26.0 Å². The zero-order valence-electron chi connectivity index (χ0n) is 11.8. The third-order valence-electron chi connectivity index (χ3n) is 3.26. The molecule has 0 aliphatic rings. The maximum Gasteiger partial charge on any atom is 0.128 e. The quantitative estimate of drug-likeness (QED) is 0.803. The van der Waals surface area contributed by atoms with Crippen molar-refractivity contribution < 1.29 is 9.13 Å². The van der Waals surface area contributed by atoms with Gasteiger partial charge in [0.2, 0.25) is 0 Å². The van der Waals surface area contributed by atoms with Gasteiger partial charge >= 0.3 is 0 Å². The highest BCUT2D eigenvalue weighted by Gasteiger charge is 2.21. The van der Waals surface area contributed by atoms with Gasteiger partial charge in [0.05, 0.1) is 0 Å². The summed E-state index contributed by atoms with van der Waals surface area (Å²) in [5.41, 5.74) is 1.86. The van der Waals surface area contributed by atoms with Gasteiger partial charge in [-0.15, -0.1) is 0 Å². The molecule has 2 unspecified atom stereocenters. The molecule has 0 amide bonds. The largest absolute Gasteiger partial charge is 0.385 e. The van der Waals surface area contributed by atoms with Crippen LogP contribution in [0.4, 0.5) is 4.39 Å². The first kappa shape index (κ1) is 15.1. The molecule has 1 rings (SSSR count). The van der Waals surface area contributed by atoms with Gasteiger partial charge in [-0.3, -0.25) is 0 Å². The Hall–Kier alpha value is -0.930.